The first kappa shape index (κ1) is 11.6. The van der Waals surface area contributed by atoms with E-state index >= 15 is 0 Å². The van der Waals surface area contributed by atoms with Crippen molar-refractivity contribution in [2.75, 3.05) is 13.2 Å². The predicted molar refractivity (Wildman–Crippen MR) is 50.2 cm³/mol. The molecule has 0 radical (unpaired) electrons. The lowest BCUT2D eigenvalue weighted by atomic mass is 9.90. The molecule has 2 nitrogen and oxygen atoms in total. The fraction of sp³-hybridized carbons (Fsp3) is 0.900. The van der Waals surface area contributed by atoms with Crippen LogP contribution in [0.4, 0.5) is 0 Å². The van der Waals surface area contributed by atoms with E-state index in [1.54, 1.807) is 0 Å². The van der Waals surface area contributed by atoms with Gasteiger partial charge in [-0.1, -0.05) is 27.7 Å². The van der Waals surface area contributed by atoms with Gasteiger partial charge in [0.25, 0.3) is 0 Å². The maximum absolute atomic E-state index is 11.2. The predicted octanol–water partition coefficient (Wildman–Crippen LogP) is 2.42. The molecule has 0 fully saturated rings. The minimum atomic E-state index is 0.0899. The van der Waals surface area contributed by atoms with E-state index in [1.807, 2.05) is 6.92 Å². The van der Waals surface area contributed by atoms with Gasteiger partial charge >= 0.3 is 0 Å². The zero-order valence-corrected chi connectivity index (χ0v) is 8.64. The van der Waals surface area contributed by atoms with Gasteiger partial charge in [0.1, 0.15) is 6.61 Å². The number of ether oxygens (including phenoxy) is 1. The van der Waals surface area contributed by atoms with Crippen LogP contribution in [0, 0.1) is 5.41 Å². The molecular weight excluding hydrogens is 152 g/mol. The fourth-order valence-corrected chi connectivity index (χ4v) is 0.973. The maximum atomic E-state index is 11.2. The minimum absolute atomic E-state index is 0.0899. The summed E-state index contributed by atoms with van der Waals surface area (Å²) in [6.45, 7) is 9.19. The molecule has 0 bridgehead atoms. The largest absolute Gasteiger partial charge is 0.374 e. The van der Waals surface area contributed by atoms with Crippen LogP contribution in [-0.2, 0) is 9.53 Å². The Morgan fingerprint density at radius 3 is 2.33 bits per heavy atom. The lowest BCUT2D eigenvalue weighted by molar-refractivity contribution is -0.125. The summed E-state index contributed by atoms with van der Waals surface area (Å²) in [6, 6.07) is 0. The first-order valence-corrected chi connectivity index (χ1v) is 4.55. The molecule has 0 rings (SSSR count). The Hall–Kier alpha value is -0.370. The van der Waals surface area contributed by atoms with Crippen LogP contribution in [-0.4, -0.2) is 19.0 Å². The van der Waals surface area contributed by atoms with Gasteiger partial charge in [0.15, 0.2) is 5.78 Å². The molecule has 0 N–H and O–H groups in total. The lowest BCUT2D eigenvalue weighted by Gasteiger charge is -2.16. The van der Waals surface area contributed by atoms with Gasteiger partial charge < -0.3 is 4.74 Å². The van der Waals surface area contributed by atoms with Crippen molar-refractivity contribution in [1.82, 2.24) is 0 Å². The molecule has 12 heavy (non-hydrogen) atoms. The smallest absolute Gasteiger partial charge is 0.158 e. The number of hydrogen-bond acceptors (Lipinski definition) is 2. The monoisotopic (exact) mass is 172 g/mol. The van der Waals surface area contributed by atoms with Gasteiger partial charge in [-0.05, 0) is 11.8 Å². The highest BCUT2D eigenvalue weighted by atomic mass is 16.5. The van der Waals surface area contributed by atoms with Crippen molar-refractivity contribution in [3.05, 3.63) is 0 Å². The van der Waals surface area contributed by atoms with Crippen molar-refractivity contribution in [3.8, 4) is 0 Å². The van der Waals surface area contributed by atoms with Crippen LogP contribution >= 0.6 is 0 Å². The van der Waals surface area contributed by atoms with Crippen LogP contribution in [0.1, 0.15) is 40.5 Å². The Bertz CT molecular complexity index is 133. The number of hydrogen-bond donors (Lipinski definition) is 0. The van der Waals surface area contributed by atoms with Gasteiger partial charge in [-0.25, -0.2) is 0 Å². The minimum Gasteiger partial charge on any atom is -0.374 e. The van der Waals surface area contributed by atoms with Crippen molar-refractivity contribution >= 4 is 5.78 Å². The van der Waals surface area contributed by atoms with E-state index in [2.05, 4.69) is 20.8 Å². The van der Waals surface area contributed by atoms with Crippen molar-refractivity contribution in [2.24, 2.45) is 5.41 Å². The third kappa shape index (κ3) is 7.73. The van der Waals surface area contributed by atoms with Crippen LogP contribution in [0.5, 0.6) is 0 Å². The average molecular weight is 172 g/mol. The van der Waals surface area contributed by atoms with E-state index in [0.717, 1.165) is 6.42 Å². The molecule has 0 amide bonds. The number of carbonyl (C=O) groups excluding carboxylic acids is 1. The first-order chi connectivity index (χ1) is 5.45. The second-order valence-electron chi connectivity index (χ2n) is 4.33. The zero-order valence-electron chi connectivity index (χ0n) is 8.64. The second-order valence-corrected chi connectivity index (χ2v) is 4.33. The Balaban J connectivity index is 3.47. The van der Waals surface area contributed by atoms with Crippen molar-refractivity contribution in [2.45, 2.75) is 40.5 Å². The first-order valence-electron chi connectivity index (χ1n) is 4.55. The molecule has 72 valence electrons. The molecular formula is C10H20O2. The molecule has 0 aliphatic heterocycles. The van der Waals surface area contributed by atoms with Crippen molar-refractivity contribution < 1.29 is 9.53 Å². The van der Waals surface area contributed by atoms with Crippen molar-refractivity contribution in [3.63, 3.8) is 0 Å². The second kappa shape index (κ2) is 5.31. The van der Waals surface area contributed by atoms with Crippen LogP contribution in [0.3, 0.4) is 0 Å². The van der Waals surface area contributed by atoms with E-state index in [1.165, 1.54) is 0 Å². The number of carbonyl (C=O) groups is 1. The Morgan fingerprint density at radius 2 is 1.92 bits per heavy atom. The standard InChI is InChI=1S/C10H20O2/c1-5-6-12-8-9(11)7-10(2,3)4/h5-8H2,1-4H3. The summed E-state index contributed by atoms with van der Waals surface area (Å²) >= 11 is 0. The van der Waals surface area contributed by atoms with Gasteiger partial charge in [0.05, 0.1) is 0 Å². The SMILES string of the molecule is CCCOCC(=O)CC(C)(C)C. The van der Waals surface area contributed by atoms with Crippen LogP contribution in [0.15, 0.2) is 0 Å². The number of rotatable bonds is 5. The molecule has 2 heteroatoms. The summed E-state index contributed by atoms with van der Waals surface area (Å²) < 4.78 is 5.14. The molecule has 0 aromatic carbocycles. The molecule has 0 atom stereocenters. The summed E-state index contributed by atoms with van der Waals surface area (Å²) in [6.07, 6.45) is 1.58. The number of ketones is 1. The molecule has 0 heterocycles. The molecule has 0 saturated heterocycles. The lowest BCUT2D eigenvalue weighted by Crippen LogP contribution is -2.17. The molecule has 0 unspecified atom stereocenters. The highest BCUT2D eigenvalue weighted by Gasteiger charge is 2.15. The molecule has 0 aromatic rings. The average Bonchev–Trinajstić information content (AvgIpc) is 1.84. The van der Waals surface area contributed by atoms with E-state index in [9.17, 15) is 4.79 Å². The summed E-state index contributed by atoms with van der Waals surface area (Å²) in [7, 11) is 0. The molecule has 0 aromatic heterocycles. The zero-order chi connectivity index (χ0) is 9.61. The van der Waals surface area contributed by atoms with Gasteiger partial charge in [0.2, 0.25) is 0 Å². The van der Waals surface area contributed by atoms with Crippen LogP contribution < -0.4 is 0 Å². The van der Waals surface area contributed by atoms with E-state index in [0.29, 0.717) is 13.0 Å². The van der Waals surface area contributed by atoms with E-state index in [-0.39, 0.29) is 17.8 Å². The molecule has 0 aliphatic carbocycles. The molecule has 0 aliphatic rings. The van der Waals surface area contributed by atoms with Crippen molar-refractivity contribution in [1.29, 1.82) is 0 Å². The fourth-order valence-electron chi connectivity index (χ4n) is 0.973. The van der Waals surface area contributed by atoms with Gasteiger partial charge in [-0.15, -0.1) is 0 Å². The molecule has 0 spiro atoms. The number of Topliss-reactive ketones (excluding diaryl/α,β-unsaturated/α-hetero) is 1. The Kier molecular flexibility index (Phi) is 5.14. The summed E-state index contributed by atoms with van der Waals surface area (Å²) in [5.74, 6) is 0.205. The van der Waals surface area contributed by atoms with Gasteiger partial charge in [-0.3, -0.25) is 4.79 Å². The van der Waals surface area contributed by atoms with E-state index in [4.69, 9.17) is 4.74 Å². The quantitative estimate of drug-likeness (QED) is 0.595. The summed E-state index contributed by atoms with van der Waals surface area (Å²) in [5, 5.41) is 0. The van der Waals surface area contributed by atoms with Crippen LogP contribution in [0.2, 0.25) is 0 Å². The topological polar surface area (TPSA) is 26.3 Å². The highest BCUT2D eigenvalue weighted by Crippen LogP contribution is 2.18. The maximum Gasteiger partial charge on any atom is 0.158 e. The molecule has 0 saturated carbocycles. The van der Waals surface area contributed by atoms with Gasteiger partial charge in [-0.2, -0.15) is 0 Å². The Morgan fingerprint density at radius 1 is 1.33 bits per heavy atom. The third-order valence-electron chi connectivity index (χ3n) is 1.34. The summed E-state index contributed by atoms with van der Waals surface area (Å²) in [4.78, 5) is 11.2. The van der Waals surface area contributed by atoms with Gasteiger partial charge in [0, 0.05) is 13.0 Å². The Labute approximate surface area is 75.3 Å². The normalized spacial score (nSPS) is 11.7. The third-order valence-corrected chi connectivity index (χ3v) is 1.34. The summed E-state index contributed by atoms with van der Waals surface area (Å²) in [5.41, 5.74) is 0.0899. The van der Waals surface area contributed by atoms with Crippen LogP contribution in [0.25, 0.3) is 0 Å². The highest BCUT2D eigenvalue weighted by molar-refractivity contribution is 5.80. The van der Waals surface area contributed by atoms with E-state index < -0.39 is 0 Å².